The number of aryl methyl sites for hydroxylation is 1. The number of nitrogens with one attached hydrogen (secondary N) is 2. The number of hydrogen-bond acceptors (Lipinski definition) is 2. The van der Waals surface area contributed by atoms with Crippen molar-refractivity contribution in [2.24, 2.45) is 4.99 Å². The maximum atomic E-state index is 5.76. The Morgan fingerprint density at radius 2 is 1.94 bits per heavy atom. The molecule has 1 unspecified atom stereocenters. The number of hydrogen-bond donors (Lipinski definition) is 2. The third kappa shape index (κ3) is 6.09. The predicted octanol–water partition coefficient (Wildman–Crippen LogP) is 2.18. The zero-order valence-corrected chi connectivity index (χ0v) is 13.7. The summed E-state index contributed by atoms with van der Waals surface area (Å²) in [4.78, 5) is 4.04. The Bertz CT molecular complexity index is 365. The number of rotatable bonds is 4. The van der Waals surface area contributed by atoms with Crippen LogP contribution in [0.2, 0.25) is 0 Å². The first-order valence-electron chi connectivity index (χ1n) is 5.77. The highest BCUT2D eigenvalue weighted by Crippen LogP contribution is 2.12. The van der Waals surface area contributed by atoms with Gasteiger partial charge in [0.2, 0.25) is 0 Å². The van der Waals surface area contributed by atoms with Gasteiger partial charge in [0.15, 0.2) is 5.96 Å². The summed E-state index contributed by atoms with van der Waals surface area (Å²) < 4.78 is 5.76. The first kappa shape index (κ1) is 17.0. The summed E-state index contributed by atoms with van der Waals surface area (Å²) in [6.45, 7) is 4.79. The van der Waals surface area contributed by atoms with Crippen LogP contribution in [0.3, 0.4) is 0 Å². The zero-order chi connectivity index (χ0) is 12.7. The number of aliphatic imine (C=N–C) groups is 1. The van der Waals surface area contributed by atoms with Gasteiger partial charge in [0.25, 0.3) is 0 Å². The predicted molar refractivity (Wildman–Crippen MR) is 87.1 cm³/mol. The number of halogens is 1. The molecule has 0 amide bonds. The van der Waals surface area contributed by atoms with Crippen molar-refractivity contribution in [2.45, 2.75) is 20.0 Å². The van der Waals surface area contributed by atoms with Gasteiger partial charge >= 0.3 is 0 Å². The summed E-state index contributed by atoms with van der Waals surface area (Å²) in [6.07, 6.45) is 0.0859. The van der Waals surface area contributed by atoms with Gasteiger partial charge in [-0.3, -0.25) is 4.99 Å². The summed E-state index contributed by atoms with van der Waals surface area (Å²) in [6, 6.07) is 8.06. The molecule has 0 spiro atoms. The molecule has 0 heterocycles. The molecule has 102 valence electrons. The third-order valence-corrected chi connectivity index (χ3v) is 2.38. The largest absolute Gasteiger partial charge is 0.489 e. The molecule has 0 saturated carbocycles. The van der Waals surface area contributed by atoms with Gasteiger partial charge in [-0.05, 0) is 26.0 Å². The molecular weight excluding hydrogens is 341 g/mol. The second-order valence-corrected chi connectivity index (χ2v) is 3.94. The van der Waals surface area contributed by atoms with E-state index in [1.54, 1.807) is 7.05 Å². The second kappa shape index (κ2) is 9.02. The van der Waals surface area contributed by atoms with Crippen molar-refractivity contribution in [3.8, 4) is 5.75 Å². The Hall–Kier alpha value is -0.980. The molecule has 1 atom stereocenters. The van der Waals surface area contributed by atoms with E-state index in [0.29, 0.717) is 6.54 Å². The van der Waals surface area contributed by atoms with Crippen molar-refractivity contribution in [1.29, 1.82) is 0 Å². The minimum absolute atomic E-state index is 0. The molecule has 0 fully saturated rings. The Morgan fingerprint density at radius 1 is 1.33 bits per heavy atom. The lowest BCUT2D eigenvalue weighted by Gasteiger charge is -2.16. The minimum Gasteiger partial charge on any atom is -0.489 e. The van der Waals surface area contributed by atoms with Crippen molar-refractivity contribution >= 4 is 29.9 Å². The number of benzene rings is 1. The Morgan fingerprint density at radius 3 is 2.44 bits per heavy atom. The molecule has 0 aromatic heterocycles. The smallest absolute Gasteiger partial charge is 0.190 e. The van der Waals surface area contributed by atoms with E-state index >= 15 is 0 Å². The van der Waals surface area contributed by atoms with Crippen molar-refractivity contribution in [2.75, 3.05) is 20.6 Å². The Balaban J connectivity index is 0.00000289. The topological polar surface area (TPSA) is 45.7 Å². The van der Waals surface area contributed by atoms with Gasteiger partial charge in [-0.2, -0.15) is 0 Å². The molecule has 0 aliphatic heterocycles. The van der Waals surface area contributed by atoms with E-state index in [1.165, 1.54) is 5.56 Å². The molecule has 4 nitrogen and oxygen atoms in total. The van der Waals surface area contributed by atoms with Gasteiger partial charge in [0.1, 0.15) is 11.9 Å². The van der Waals surface area contributed by atoms with Crippen LogP contribution in [0.5, 0.6) is 5.75 Å². The van der Waals surface area contributed by atoms with Gasteiger partial charge in [-0.15, -0.1) is 24.0 Å². The van der Waals surface area contributed by atoms with Crippen molar-refractivity contribution in [3.05, 3.63) is 29.8 Å². The van der Waals surface area contributed by atoms with E-state index in [9.17, 15) is 0 Å². The van der Waals surface area contributed by atoms with E-state index in [1.807, 2.05) is 38.2 Å². The van der Waals surface area contributed by atoms with Crippen LogP contribution in [0.15, 0.2) is 29.3 Å². The van der Waals surface area contributed by atoms with E-state index in [0.717, 1.165) is 11.7 Å². The average Bonchev–Trinajstić information content (AvgIpc) is 2.33. The molecule has 1 aromatic rings. The fourth-order valence-electron chi connectivity index (χ4n) is 1.41. The van der Waals surface area contributed by atoms with E-state index in [-0.39, 0.29) is 30.1 Å². The van der Waals surface area contributed by atoms with Crippen LogP contribution in [0.25, 0.3) is 0 Å². The summed E-state index contributed by atoms with van der Waals surface area (Å²) >= 11 is 0. The summed E-state index contributed by atoms with van der Waals surface area (Å²) in [5.74, 6) is 1.66. The standard InChI is InChI=1S/C13H21N3O.HI/c1-10-5-7-12(8-6-10)17-11(2)9-16-13(14-3)15-4;/h5-8,11H,9H2,1-4H3,(H2,14,15,16);1H. The Labute approximate surface area is 126 Å². The van der Waals surface area contributed by atoms with Crippen LogP contribution in [-0.2, 0) is 0 Å². The molecule has 0 aliphatic rings. The van der Waals surface area contributed by atoms with Crippen molar-refractivity contribution in [3.63, 3.8) is 0 Å². The fourth-order valence-corrected chi connectivity index (χ4v) is 1.41. The fraction of sp³-hybridized carbons (Fsp3) is 0.462. The molecular formula is C13H22IN3O. The van der Waals surface area contributed by atoms with Crippen LogP contribution in [0.1, 0.15) is 12.5 Å². The number of nitrogens with zero attached hydrogens (tertiary/aromatic N) is 1. The molecule has 0 bridgehead atoms. The molecule has 0 radical (unpaired) electrons. The SMILES string of the molecule is CN=C(NC)NCC(C)Oc1ccc(C)cc1.I. The quantitative estimate of drug-likeness (QED) is 0.490. The molecule has 18 heavy (non-hydrogen) atoms. The van der Waals surface area contributed by atoms with Crippen LogP contribution >= 0.6 is 24.0 Å². The third-order valence-electron chi connectivity index (χ3n) is 2.38. The van der Waals surface area contributed by atoms with E-state index in [4.69, 9.17) is 4.74 Å². The maximum absolute atomic E-state index is 5.76. The van der Waals surface area contributed by atoms with Crippen LogP contribution in [0.4, 0.5) is 0 Å². The highest BCUT2D eigenvalue weighted by Gasteiger charge is 2.04. The van der Waals surface area contributed by atoms with Crippen molar-refractivity contribution < 1.29 is 4.74 Å². The van der Waals surface area contributed by atoms with Gasteiger partial charge in [-0.25, -0.2) is 0 Å². The van der Waals surface area contributed by atoms with Gasteiger partial charge < -0.3 is 15.4 Å². The molecule has 5 heteroatoms. The number of ether oxygens (including phenoxy) is 1. The van der Waals surface area contributed by atoms with Gasteiger partial charge in [-0.1, -0.05) is 17.7 Å². The van der Waals surface area contributed by atoms with Crippen LogP contribution in [0, 0.1) is 6.92 Å². The summed E-state index contributed by atoms with van der Waals surface area (Å²) in [5.41, 5.74) is 1.23. The van der Waals surface area contributed by atoms with E-state index < -0.39 is 0 Å². The highest BCUT2D eigenvalue weighted by molar-refractivity contribution is 14.0. The van der Waals surface area contributed by atoms with Crippen LogP contribution in [-0.4, -0.2) is 32.7 Å². The molecule has 0 aliphatic carbocycles. The molecule has 1 rings (SSSR count). The second-order valence-electron chi connectivity index (χ2n) is 3.94. The lowest BCUT2D eigenvalue weighted by molar-refractivity contribution is 0.224. The Kier molecular flexibility index (Phi) is 8.53. The van der Waals surface area contributed by atoms with Crippen molar-refractivity contribution in [1.82, 2.24) is 10.6 Å². The van der Waals surface area contributed by atoms with Crippen LogP contribution < -0.4 is 15.4 Å². The van der Waals surface area contributed by atoms with E-state index in [2.05, 4.69) is 22.5 Å². The zero-order valence-electron chi connectivity index (χ0n) is 11.4. The first-order chi connectivity index (χ1) is 8.15. The normalized spacial score (nSPS) is 12.3. The lowest BCUT2D eigenvalue weighted by Crippen LogP contribution is -2.40. The maximum Gasteiger partial charge on any atom is 0.190 e. The average molecular weight is 363 g/mol. The summed E-state index contributed by atoms with van der Waals surface area (Å²) in [5, 5.41) is 6.13. The lowest BCUT2D eigenvalue weighted by atomic mass is 10.2. The molecule has 1 aromatic carbocycles. The number of guanidine groups is 1. The minimum atomic E-state index is 0. The monoisotopic (exact) mass is 363 g/mol. The van der Waals surface area contributed by atoms with Gasteiger partial charge in [0.05, 0.1) is 6.54 Å². The first-order valence-corrected chi connectivity index (χ1v) is 5.77. The molecule has 2 N–H and O–H groups in total. The van der Waals surface area contributed by atoms with Gasteiger partial charge in [0, 0.05) is 14.1 Å². The summed E-state index contributed by atoms with van der Waals surface area (Å²) in [7, 11) is 3.57. The highest BCUT2D eigenvalue weighted by atomic mass is 127. The molecule has 0 saturated heterocycles.